The highest BCUT2D eigenvalue weighted by molar-refractivity contribution is 7.08. The highest BCUT2D eigenvalue weighted by Crippen LogP contribution is 2.20. The zero-order valence-electron chi connectivity index (χ0n) is 13.3. The number of nitrogens with zero attached hydrogens (tertiary/aromatic N) is 3. The summed E-state index contributed by atoms with van der Waals surface area (Å²) in [6, 6.07) is 1.96. The molecule has 6 nitrogen and oxygen atoms in total. The molecule has 0 bridgehead atoms. The average molecular weight is 334 g/mol. The summed E-state index contributed by atoms with van der Waals surface area (Å²) in [4.78, 5) is 18.7. The Kier molecular flexibility index (Phi) is 5.40. The minimum absolute atomic E-state index is 0.182. The molecule has 3 heterocycles. The predicted molar refractivity (Wildman–Crippen MR) is 89.2 cm³/mol. The summed E-state index contributed by atoms with van der Waals surface area (Å²) in [6.07, 6.45) is 3.21. The summed E-state index contributed by atoms with van der Waals surface area (Å²) in [7, 11) is 1.96. The molecule has 1 N–H and O–H groups in total. The Morgan fingerprint density at radius 1 is 1.57 bits per heavy atom. The van der Waals surface area contributed by atoms with Crippen LogP contribution in [0, 0.1) is 5.92 Å². The number of carbonyl (C=O) groups excluding carboxylic acids is 1. The highest BCUT2D eigenvalue weighted by Gasteiger charge is 2.23. The number of rotatable bonds is 6. The van der Waals surface area contributed by atoms with Gasteiger partial charge in [0.15, 0.2) is 0 Å². The van der Waals surface area contributed by atoms with Gasteiger partial charge in [-0.1, -0.05) is 5.16 Å². The van der Waals surface area contributed by atoms with E-state index in [-0.39, 0.29) is 5.91 Å². The van der Waals surface area contributed by atoms with Crippen molar-refractivity contribution in [1.82, 2.24) is 20.4 Å². The summed E-state index contributed by atoms with van der Waals surface area (Å²) >= 11 is 1.60. The summed E-state index contributed by atoms with van der Waals surface area (Å²) in [6.45, 7) is 2.68. The zero-order chi connectivity index (χ0) is 16.1. The third kappa shape index (κ3) is 4.17. The maximum atomic E-state index is 12.4. The summed E-state index contributed by atoms with van der Waals surface area (Å²) in [5, 5.41) is 11.1. The quantitative estimate of drug-likeness (QED) is 0.877. The second kappa shape index (κ2) is 7.70. The van der Waals surface area contributed by atoms with E-state index < -0.39 is 0 Å². The van der Waals surface area contributed by atoms with Gasteiger partial charge in [-0.25, -0.2) is 0 Å². The van der Waals surface area contributed by atoms with E-state index in [4.69, 9.17) is 4.52 Å². The van der Waals surface area contributed by atoms with E-state index >= 15 is 0 Å². The first-order valence-corrected chi connectivity index (χ1v) is 8.98. The topological polar surface area (TPSA) is 71.3 Å². The van der Waals surface area contributed by atoms with Crippen LogP contribution in [-0.2, 0) is 11.2 Å². The molecule has 23 heavy (non-hydrogen) atoms. The number of hydrogen-bond acceptors (Lipinski definition) is 6. The Morgan fingerprint density at radius 2 is 2.48 bits per heavy atom. The van der Waals surface area contributed by atoms with Gasteiger partial charge in [0.05, 0.1) is 0 Å². The molecular weight excluding hydrogens is 312 g/mol. The first-order valence-electron chi connectivity index (χ1n) is 8.04. The molecule has 1 unspecified atom stereocenters. The first kappa shape index (κ1) is 16.1. The third-order valence-electron chi connectivity index (χ3n) is 4.16. The second-order valence-electron chi connectivity index (χ2n) is 5.93. The number of piperidine rings is 1. The van der Waals surface area contributed by atoms with E-state index in [1.54, 1.807) is 11.3 Å². The lowest BCUT2D eigenvalue weighted by Gasteiger charge is -2.32. The zero-order valence-corrected chi connectivity index (χ0v) is 14.1. The summed E-state index contributed by atoms with van der Waals surface area (Å²) in [5.74, 6) is 1.87. The van der Waals surface area contributed by atoms with Crippen LogP contribution in [-0.4, -0.2) is 47.6 Å². The van der Waals surface area contributed by atoms with E-state index in [1.165, 1.54) is 6.42 Å². The number of nitrogens with one attached hydrogen (secondary N) is 1. The van der Waals surface area contributed by atoms with Crippen molar-refractivity contribution in [2.75, 3.05) is 26.7 Å². The van der Waals surface area contributed by atoms with Crippen molar-refractivity contribution in [1.29, 1.82) is 0 Å². The van der Waals surface area contributed by atoms with Gasteiger partial charge >= 0.3 is 0 Å². The van der Waals surface area contributed by atoms with Crippen molar-refractivity contribution in [2.24, 2.45) is 5.92 Å². The molecule has 1 amide bonds. The van der Waals surface area contributed by atoms with Crippen molar-refractivity contribution >= 4 is 17.2 Å². The highest BCUT2D eigenvalue weighted by atomic mass is 32.1. The Bertz CT molecular complexity index is 624. The molecule has 1 aliphatic heterocycles. The van der Waals surface area contributed by atoms with Crippen molar-refractivity contribution < 1.29 is 9.32 Å². The van der Waals surface area contributed by atoms with Crippen LogP contribution in [0.1, 0.15) is 25.2 Å². The number of amides is 1. The molecule has 1 aliphatic rings. The molecule has 0 saturated carbocycles. The lowest BCUT2D eigenvalue weighted by molar-refractivity contribution is -0.133. The standard InChI is InChI=1S/C16H22N4O2S/c1-17-9-12-3-2-7-20(10-12)15(21)5-4-14-18-16(19-22-14)13-6-8-23-11-13/h6,8,11-12,17H,2-5,7,9-10H2,1H3. The van der Waals surface area contributed by atoms with E-state index in [2.05, 4.69) is 15.5 Å². The van der Waals surface area contributed by atoms with Crippen LogP contribution in [0.5, 0.6) is 0 Å². The Balaban J connectivity index is 1.51. The Hall–Kier alpha value is -1.73. The minimum Gasteiger partial charge on any atom is -0.342 e. The average Bonchev–Trinajstić information content (AvgIpc) is 3.24. The van der Waals surface area contributed by atoms with Gasteiger partial charge in [-0.05, 0) is 43.8 Å². The Morgan fingerprint density at radius 3 is 3.26 bits per heavy atom. The largest absolute Gasteiger partial charge is 0.342 e. The van der Waals surface area contributed by atoms with Crippen LogP contribution in [0.2, 0.25) is 0 Å². The molecule has 124 valence electrons. The minimum atomic E-state index is 0.182. The number of aryl methyl sites for hydroxylation is 1. The van der Waals surface area contributed by atoms with E-state index in [1.807, 2.05) is 28.8 Å². The molecule has 2 aromatic heterocycles. The lowest BCUT2D eigenvalue weighted by Crippen LogP contribution is -2.42. The van der Waals surface area contributed by atoms with E-state index in [0.717, 1.165) is 31.6 Å². The molecule has 0 spiro atoms. The SMILES string of the molecule is CNCC1CCCN(C(=O)CCc2nc(-c3ccsc3)no2)C1. The lowest BCUT2D eigenvalue weighted by atomic mass is 9.97. The molecule has 1 atom stereocenters. The van der Waals surface area contributed by atoms with Crippen LogP contribution in [0.15, 0.2) is 21.3 Å². The number of aromatic nitrogens is 2. The molecule has 7 heteroatoms. The molecular formula is C16H22N4O2S. The van der Waals surface area contributed by atoms with Gasteiger partial charge in [-0.2, -0.15) is 16.3 Å². The van der Waals surface area contributed by atoms with Gasteiger partial charge in [0, 0.05) is 36.9 Å². The van der Waals surface area contributed by atoms with Crippen molar-refractivity contribution in [3.05, 3.63) is 22.7 Å². The molecule has 0 aliphatic carbocycles. The number of thiophene rings is 1. The first-order chi connectivity index (χ1) is 11.3. The monoisotopic (exact) mass is 334 g/mol. The van der Waals surface area contributed by atoms with Crippen LogP contribution in [0.4, 0.5) is 0 Å². The van der Waals surface area contributed by atoms with Crippen LogP contribution in [0.25, 0.3) is 11.4 Å². The van der Waals surface area contributed by atoms with Gasteiger partial charge < -0.3 is 14.7 Å². The van der Waals surface area contributed by atoms with Gasteiger partial charge in [0.1, 0.15) is 0 Å². The van der Waals surface area contributed by atoms with Gasteiger partial charge in [0.2, 0.25) is 17.6 Å². The van der Waals surface area contributed by atoms with Gasteiger partial charge in [-0.15, -0.1) is 0 Å². The van der Waals surface area contributed by atoms with Crippen molar-refractivity contribution in [3.8, 4) is 11.4 Å². The molecule has 1 fully saturated rings. The molecule has 1 saturated heterocycles. The maximum Gasteiger partial charge on any atom is 0.227 e. The fourth-order valence-corrected chi connectivity index (χ4v) is 3.62. The molecule has 0 aromatic carbocycles. The fourth-order valence-electron chi connectivity index (χ4n) is 2.98. The molecule has 3 rings (SSSR count). The van der Waals surface area contributed by atoms with Crippen LogP contribution >= 0.6 is 11.3 Å². The maximum absolute atomic E-state index is 12.4. The number of carbonyl (C=O) groups is 1. The fraction of sp³-hybridized carbons (Fsp3) is 0.562. The van der Waals surface area contributed by atoms with Crippen LogP contribution in [0.3, 0.4) is 0 Å². The molecule has 2 aromatic rings. The summed E-state index contributed by atoms with van der Waals surface area (Å²) in [5.41, 5.74) is 0.960. The van der Waals surface area contributed by atoms with E-state index in [0.29, 0.717) is 30.5 Å². The van der Waals surface area contributed by atoms with Crippen molar-refractivity contribution in [3.63, 3.8) is 0 Å². The number of likely N-dealkylation sites (tertiary alicyclic amines) is 1. The predicted octanol–water partition coefficient (Wildman–Crippen LogP) is 2.19. The van der Waals surface area contributed by atoms with Crippen molar-refractivity contribution in [2.45, 2.75) is 25.7 Å². The van der Waals surface area contributed by atoms with Gasteiger partial charge in [-0.3, -0.25) is 4.79 Å². The second-order valence-corrected chi connectivity index (χ2v) is 6.71. The van der Waals surface area contributed by atoms with Gasteiger partial charge in [0.25, 0.3) is 0 Å². The van der Waals surface area contributed by atoms with Crippen LogP contribution < -0.4 is 5.32 Å². The van der Waals surface area contributed by atoms with E-state index in [9.17, 15) is 4.79 Å². The summed E-state index contributed by atoms with van der Waals surface area (Å²) < 4.78 is 5.25. The smallest absolute Gasteiger partial charge is 0.227 e. The Labute approximate surface area is 139 Å². The normalized spacial score (nSPS) is 18.3. The third-order valence-corrected chi connectivity index (χ3v) is 4.85. The molecule has 0 radical (unpaired) electrons. The number of hydrogen-bond donors (Lipinski definition) is 1.